The maximum atomic E-state index is 11.1. The second-order valence-electron chi connectivity index (χ2n) is 6.45. The molecule has 0 amide bonds. The van der Waals surface area contributed by atoms with E-state index in [0.717, 1.165) is 16.9 Å². The summed E-state index contributed by atoms with van der Waals surface area (Å²) in [6.45, 7) is 9.36. The largest absolute Gasteiger partial charge is 0.466 e. The highest BCUT2D eigenvalue weighted by molar-refractivity contribution is 5.45. The molecular weight excluding hydrogens is 308 g/mol. The van der Waals surface area contributed by atoms with E-state index in [1.54, 1.807) is 19.9 Å². The molecule has 0 aliphatic heterocycles. The van der Waals surface area contributed by atoms with Crippen LogP contribution in [-0.2, 0) is 5.60 Å². The number of rotatable bonds is 6. The smallest absolute Gasteiger partial charge is 0.272 e. The summed E-state index contributed by atoms with van der Waals surface area (Å²) in [5, 5.41) is 25.1. The minimum Gasteiger partial charge on any atom is -0.466 e. The van der Waals surface area contributed by atoms with Gasteiger partial charge in [-0.05, 0) is 46.2 Å². The average molecular weight is 332 g/mol. The van der Waals surface area contributed by atoms with Gasteiger partial charge in [-0.3, -0.25) is 10.1 Å². The number of furan rings is 1. The molecule has 2 rings (SSSR count). The number of hydrogen-bond donors (Lipinski definition) is 2. The van der Waals surface area contributed by atoms with E-state index in [2.05, 4.69) is 5.32 Å². The van der Waals surface area contributed by atoms with Crippen LogP contribution in [0.4, 0.5) is 5.69 Å². The molecule has 24 heavy (non-hydrogen) atoms. The molecule has 2 unspecified atom stereocenters. The highest BCUT2D eigenvalue weighted by atomic mass is 16.6. The second kappa shape index (κ2) is 6.75. The van der Waals surface area contributed by atoms with Crippen molar-refractivity contribution in [2.24, 2.45) is 0 Å². The third-order valence-corrected chi connectivity index (χ3v) is 4.38. The zero-order chi connectivity index (χ0) is 18.1. The van der Waals surface area contributed by atoms with Gasteiger partial charge in [0.15, 0.2) is 0 Å². The monoisotopic (exact) mass is 332 g/mol. The molecule has 6 heteroatoms. The van der Waals surface area contributed by atoms with Crippen LogP contribution in [0.3, 0.4) is 0 Å². The molecule has 1 aromatic carbocycles. The molecule has 2 atom stereocenters. The molecule has 0 aliphatic carbocycles. The highest BCUT2D eigenvalue weighted by Gasteiger charge is 2.28. The van der Waals surface area contributed by atoms with Crippen LogP contribution in [0.1, 0.15) is 48.1 Å². The zero-order valence-corrected chi connectivity index (χ0v) is 14.7. The number of benzene rings is 1. The van der Waals surface area contributed by atoms with E-state index in [0.29, 0.717) is 17.9 Å². The van der Waals surface area contributed by atoms with Gasteiger partial charge < -0.3 is 14.8 Å². The molecular formula is C18H24N2O4. The van der Waals surface area contributed by atoms with Gasteiger partial charge in [-0.15, -0.1) is 0 Å². The first-order valence-electron chi connectivity index (χ1n) is 7.90. The summed E-state index contributed by atoms with van der Waals surface area (Å²) in [6, 6.07) is 6.74. The minimum absolute atomic E-state index is 0.106. The topological polar surface area (TPSA) is 88.5 Å². The number of nitrogens with zero attached hydrogens (tertiary/aromatic N) is 1. The van der Waals surface area contributed by atoms with E-state index >= 15 is 0 Å². The van der Waals surface area contributed by atoms with Crippen molar-refractivity contribution in [3.8, 4) is 0 Å². The van der Waals surface area contributed by atoms with E-state index in [-0.39, 0.29) is 16.7 Å². The number of aliphatic hydroxyl groups is 1. The van der Waals surface area contributed by atoms with E-state index < -0.39 is 5.60 Å². The molecule has 0 fully saturated rings. The Morgan fingerprint density at radius 1 is 1.38 bits per heavy atom. The van der Waals surface area contributed by atoms with E-state index in [9.17, 15) is 15.2 Å². The van der Waals surface area contributed by atoms with Crippen molar-refractivity contribution in [3.63, 3.8) is 0 Å². The van der Waals surface area contributed by atoms with Gasteiger partial charge in [0.05, 0.1) is 4.92 Å². The van der Waals surface area contributed by atoms with Crippen LogP contribution >= 0.6 is 0 Å². The van der Waals surface area contributed by atoms with Crippen molar-refractivity contribution in [1.82, 2.24) is 5.32 Å². The lowest BCUT2D eigenvalue weighted by atomic mass is 9.94. The van der Waals surface area contributed by atoms with Crippen LogP contribution in [0, 0.1) is 30.9 Å². The first-order chi connectivity index (χ1) is 11.1. The lowest BCUT2D eigenvalue weighted by Gasteiger charge is -2.26. The Bertz CT molecular complexity index is 749. The molecule has 0 saturated heterocycles. The molecule has 6 nitrogen and oxygen atoms in total. The number of nitro groups is 1. The molecule has 0 spiro atoms. The summed E-state index contributed by atoms with van der Waals surface area (Å²) < 4.78 is 5.49. The standard InChI is InChI=1S/C18H24N2O4/c1-11-9-16(14(4)24-11)18(5,21)10-19-13(3)15-7-6-8-17(12(15)2)20(22)23/h6-9,13,19,21H,10H2,1-5H3. The van der Waals surface area contributed by atoms with E-state index in [4.69, 9.17) is 4.42 Å². The van der Waals surface area contributed by atoms with Gasteiger partial charge in [0.2, 0.25) is 0 Å². The Labute approximate surface area is 141 Å². The van der Waals surface area contributed by atoms with Gasteiger partial charge in [-0.2, -0.15) is 0 Å². The fourth-order valence-electron chi connectivity index (χ4n) is 3.03. The maximum absolute atomic E-state index is 11.1. The fourth-order valence-corrected chi connectivity index (χ4v) is 3.03. The van der Waals surface area contributed by atoms with Crippen molar-refractivity contribution in [2.75, 3.05) is 6.54 Å². The first kappa shape index (κ1) is 18.2. The van der Waals surface area contributed by atoms with Crippen molar-refractivity contribution >= 4 is 5.69 Å². The highest BCUT2D eigenvalue weighted by Crippen LogP contribution is 2.29. The third kappa shape index (κ3) is 3.66. The molecule has 1 heterocycles. The Morgan fingerprint density at radius 2 is 2.04 bits per heavy atom. The van der Waals surface area contributed by atoms with Crippen LogP contribution < -0.4 is 5.32 Å². The lowest BCUT2D eigenvalue weighted by molar-refractivity contribution is -0.385. The van der Waals surface area contributed by atoms with Crippen molar-refractivity contribution in [3.05, 3.63) is 62.6 Å². The Morgan fingerprint density at radius 3 is 2.58 bits per heavy atom. The molecule has 0 saturated carbocycles. The predicted octanol–water partition coefficient (Wildman–Crippen LogP) is 3.67. The maximum Gasteiger partial charge on any atom is 0.272 e. The second-order valence-corrected chi connectivity index (χ2v) is 6.45. The Kier molecular flexibility index (Phi) is 5.11. The van der Waals surface area contributed by atoms with Crippen LogP contribution in [-0.4, -0.2) is 16.6 Å². The summed E-state index contributed by atoms with van der Waals surface area (Å²) in [7, 11) is 0. The van der Waals surface area contributed by atoms with Gasteiger partial charge in [0.1, 0.15) is 17.1 Å². The number of aryl methyl sites for hydroxylation is 2. The average Bonchev–Trinajstić information content (AvgIpc) is 2.84. The SMILES string of the molecule is Cc1cc(C(C)(O)CNC(C)c2cccc([N+](=O)[O-])c2C)c(C)o1. The van der Waals surface area contributed by atoms with Crippen molar-refractivity contribution in [2.45, 2.75) is 46.3 Å². The van der Waals surface area contributed by atoms with Crippen LogP contribution in [0.2, 0.25) is 0 Å². The van der Waals surface area contributed by atoms with Crippen LogP contribution in [0.5, 0.6) is 0 Å². The van der Waals surface area contributed by atoms with Crippen LogP contribution in [0.15, 0.2) is 28.7 Å². The number of hydrogen-bond acceptors (Lipinski definition) is 5. The summed E-state index contributed by atoms with van der Waals surface area (Å²) in [6.07, 6.45) is 0. The molecule has 0 radical (unpaired) electrons. The Balaban J connectivity index is 2.16. The third-order valence-electron chi connectivity index (χ3n) is 4.38. The van der Waals surface area contributed by atoms with Crippen molar-refractivity contribution in [1.29, 1.82) is 0 Å². The molecule has 1 aromatic heterocycles. The number of nitrogens with one attached hydrogen (secondary N) is 1. The Hall–Kier alpha value is -2.18. The van der Waals surface area contributed by atoms with Gasteiger partial charge in [-0.25, -0.2) is 0 Å². The molecule has 130 valence electrons. The summed E-state index contributed by atoms with van der Waals surface area (Å²) in [5.41, 5.74) is 1.24. The van der Waals surface area contributed by atoms with Crippen LogP contribution in [0.25, 0.3) is 0 Å². The summed E-state index contributed by atoms with van der Waals surface area (Å²) in [5.74, 6) is 1.45. The summed E-state index contributed by atoms with van der Waals surface area (Å²) >= 11 is 0. The van der Waals surface area contributed by atoms with Gasteiger partial charge in [0, 0.05) is 29.8 Å². The van der Waals surface area contributed by atoms with Gasteiger partial charge >= 0.3 is 0 Å². The summed E-state index contributed by atoms with van der Waals surface area (Å²) in [4.78, 5) is 10.7. The predicted molar refractivity (Wildman–Crippen MR) is 92.0 cm³/mol. The zero-order valence-electron chi connectivity index (χ0n) is 14.7. The fraction of sp³-hybridized carbons (Fsp3) is 0.444. The number of nitro benzene ring substituents is 1. The van der Waals surface area contributed by atoms with Crippen molar-refractivity contribution < 1.29 is 14.4 Å². The molecule has 0 aliphatic rings. The molecule has 2 N–H and O–H groups in total. The normalized spacial score (nSPS) is 15.1. The van der Waals surface area contributed by atoms with Gasteiger partial charge in [-0.1, -0.05) is 12.1 Å². The molecule has 0 bridgehead atoms. The quantitative estimate of drug-likeness (QED) is 0.622. The van der Waals surface area contributed by atoms with E-state index in [1.165, 1.54) is 6.07 Å². The van der Waals surface area contributed by atoms with E-state index in [1.807, 2.05) is 32.9 Å². The molecule has 2 aromatic rings. The van der Waals surface area contributed by atoms with Gasteiger partial charge in [0.25, 0.3) is 5.69 Å². The minimum atomic E-state index is -1.09. The lowest BCUT2D eigenvalue weighted by Crippen LogP contribution is -2.37. The first-order valence-corrected chi connectivity index (χ1v) is 7.90.